The maximum Gasteiger partial charge on any atom is 0.0954 e. The third-order valence-corrected chi connectivity index (χ3v) is 3.09. The summed E-state index contributed by atoms with van der Waals surface area (Å²) in [4.78, 5) is 4.44. The maximum absolute atomic E-state index is 5.66. The maximum atomic E-state index is 5.66. The van der Waals surface area contributed by atoms with Gasteiger partial charge in [0.15, 0.2) is 0 Å². The first-order valence-corrected chi connectivity index (χ1v) is 5.53. The molecule has 1 aliphatic carbocycles. The van der Waals surface area contributed by atoms with Crippen molar-refractivity contribution in [3.8, 4) is 0 Å². The van der Waals surface area contributed by atoms with Crippen molar-refractivity contribution in [3.05, 3.63) is 28.8 Å². The largest absolute Gasteiger partial charge is 0.330 e. The fraction of sp³-hybridized carbons (Fsp3) is 0.545. The van der Waals surface area contributed by atoms with Crippen LogP contribution in [0.2, 0.25) is 0 Å². The van der Waals surface area contributed by atoms with E-state index in [4.69, 9.17) is 11.6 Å². The molecule has 1 heterocycles. The number of hydrogen-bond acceptors (Lipinski definition) is 1. The van der Waals surface area contributed by atoms with Crippen LogP contribution in [0.15, 0.2) is 17.4 Å². The highest BCUT2D eigenvalue weighted by molar-refractivity contribution is 6.25. The number of halogens is 1. The van der Waals surface area contributed by atoms with Gasteiger partial charge in [-0.25, -0.2) is 4.98 Å². The lowest BCUT2D eigenvalue weighted by atomic mass is 10.0. The molecule has 0 N–H and O–H groups in total. The first-order valence-electron chi connectivity index (χ1n) is 5.10. The van der Waals surface area contributed by atoms with Crippen LogP contribution in [0.25, 0.3) is 0 Å². The lowest BCUT2D eigenvalue weighted by molar-refractivity contribution is 0.626. The molecule has 0 spiro atoms. The van der Waals surface area contributed by atoms with E-state index in [1.165, 1.54) is 36.2 Å². The Balaban J connectivity index is 2.22. The fourth-order valence-corrected chi connectivity index (χ4v) is 2.04. The van der Waals surface area contributed by atoms with Crippen LogP contribution in [0.5, 0.6) is 0 Å². The first-order chi connectivity index (χ1) is 6.81. The Kier molecular flexibility index (Phi) is 2.92. The number of allylic oxidation sites excluding steroid dienone is 1. The molecule has 0 saturated heterocycles. The van der Waals surface area contributed by atoms with Crippen LogP contribution >= 0.6 is 11.6 Å². The average molecular weight is 211 g/mol. The Labute approximate surface area is 89.6 Å². The molecular weight excluding hydrogens is 196 g/mol. The minimum absolute atomic E-state index is 0.881. The van der Waals surface area contributed by atoms with Crippen molar-refractivity contribution in [3.63, 3.8) is 0 Å². The number of rotatable bonds is 2. The van der Waals surface area contributed by atoms with Gasteiger partial charge in [-0.3, -0.25) is 0 Å². The average Bonchev–Trinajstić information content (AvgIpc) is 2.62. The van der Waals surface area contributed by atoms with Gasteiger partial charge >= 0.3 is 0 Å². The minimum Gasteiger partial charge on any atom is -0.330 e. The normalized spacial score (nSPS) is 16.9. The summed E-state index contributed by atoms with van der Waals surface area (Å²) in [6, 6.07) is 0. The molecule has 0 amide bonds. The zero-order valence-electron chi connectivity index (χ0n) is 8.46. The van der Waals surface area contributed by atoms with E-state index in [2.05, 4.69) is 9.55 Å². The molecule has 1 aromatic heterocycles. The summed E-state index contributed by atoms with van der Waals surface area (Å²) in [5, 5.41) is 0. The SMILES string of the molecule is CC(=CCl)Cn1cnc2c1CCCC2. The second kappa shape index (κ2) is 4.18. The highest BCUT2D eigenvalue weighted by atomic mass is 35.5. The topological polar surface area (TPSA) is 17.8 Å². The molecule has 0 unspecified atom stereocenters. The van der Waals surface area contributed by atoms with E-state index in [1.807, 2.05) is 13.3 Å². The highest BCUT2D eigenvalue weighted by Gasteiger charge is 2.14. The molecule has 1 aliphatic rings. The van der Waals surface area contributed by atoms with Gasteiger partial charge < -0.3 is 4.57 Å². The van der Waals surface area contributed by atoms with Crippen molar-refractivity contribution in [2.45, 2.75) is 39.2 Å². The smallest absolute Gasteiger partial charge is 0.0954 e. The summed E-state index contributed by atoms with van der Waals surface area (Å²) < 4.78 is 2.22. The molecule has 1 aromatic rings. The number of aryl methyl sites for hydroxylation is 1. The lowest BCUT2D eigenvalue weighted by Crippen LogP contribution is -2.08. The van der Waals surface area contributed by atoms with E-state index < -0.39 is 0 Å². The van der Waals surface area contributed by atoms with Crippen LogP contribution < -0.4 is 0 Å². The van der Waals surface area contributed by atoms with Gasteiger partial charge in [0.2, 0.25) is 0 Å². The number of hydrogen-bond donors (Lipinski definition) is 0. The van der Waals surface area contributed by atoms with Crippen molar-refractivity contribution < 1.29 is 0 Å². The standard InChI is InChI=1S/C11H15ClN2/c1-9(6-12)7-14-8-13-10-4-2-3-5-11(10)14/h6,8H,2-5,7H2,1H3. The number of aromatic nitrogens is 2. The Morgan fingerprint density at radius 3 is 3.14 bits per heavy atom. The molecular formula is C11H15ClN2. The molecule has 0 saturated carbocycles. The quantitative estimate of drug-likeness (QED) is 0.734. The van der Waals surface area contributed by atoms with Gasteiger partial charge in [0.05, 0.1) is 12.0 Å². The van der Waals surface area contributed by atoms with Gasteiger partial charge in [-0.1, -0.05) is 11.6 Å². The summed E-state index contributed by atoms with van der Waals surface area (Å²) in [5.41, 5.74) is 5.53. The van der Waals surface area contributed by atoms with Crippen molar-refractivity contribution >= 4 is 11.6 Å². The molecule has 14 heavy (non-hydrogen) atoms. The minimum atomic E-state index is 0.881. The van der Waals surface area contributed by atoms with Crippen LogP contribution in [-0.2, 0) is 19.4 Å². The first kappa shape index (κ1) is 9.78. The monoisotopic (exact) mass is 210 g/mol. The lowest BCUT2D eigenvalue weighted by Gasteiger charge is -2.13. The Bertz CT molecular complexity index is 352. The van der Waals surface area contributed by atoms with Gasteiger partial charge in [-0.2, -0.15) is 0 Å². The zero-order valence-corrected chi connectivity index (χ0v) is 9.22. The van der Waals surface area contributed by atoms with Gasteiger partial charge in [-0.05, 0) is 38.2 Å². The number of imidazole rings is 1. The number of nitrogens with zero attached hydrogens (tertiary/aromatic N) is 2. The Morgan fingerprint density at radius 2 is 2.36 bits per heavy atom. The Morgan fingerprint density at radius 1 is 1.57 bits per heavy atom. The summed E-state index contributed by atoms with van der Waals surface area (Å²) >= 11 is 5.66. The van der Waals surface area contributed by atoms with E-state index >= 15 is 0 Å². The third-order valence-electron chi connectivity index (χ3n) is 2.72. The molecule has 0 aromatic carbocycles. The second-order valence-corrected chi connectivity index (χ2v) is 4.15. The van der Waals surface area contributed by atoms with Crippen LogP contribution in [0.4, 0.5) is 0 Å². The highest BCUT2D eigenvalue weighted by Crippen LogP contribution is 2.20. The molecule has 0 aliphatic heterocycles. The third kappa shape index (κ3) is 1.85. The molecule has 0 radical (unpaired) electrons. The van der Waals surface area contributed by atoms with Crippen molar-refractivity contribution in [2.75, 3.05) is 0 Å². The second-order valence-electron chi connectivity index (χ2n) is 3.93. The number of fused-ring (bicyclic) bond motifs is 1. The summed E-state index contributed by atoms with van der Waals surface area (Å²) in [5.74, 6) is 0. The molecule has 0 fully saturated rings. The molecule has 2 rings (SSSR count). The van der Waals surface area contributed by atoms with Gasteiger partial charge in [0.25, 0.3) is 0 Å². The van der Waals surface area contributed by atoms with Crippen LogP contribution in [-0.4, -0.2) is 9.55 Å². The Hall–Kier alpha value is -0.760. The molecule has 2 nitrogen and oxygen atoms in total. The molecule has 76 valence electrons. The summed E-state index contributed by atoms with van der Waals surface area (Å²) in [6.07, 6.45) is 6.84. The van der Waals surface area contributed by atoms with E-state index in [9.17, 15) is 0 Å². The van der Waals surface area contributed by atoms with Gasteiger partial charge in [-0.15, -0.1) is 0 Å². The van der Waals surface area contributed by atoms with Crippen molar-refractivity contribution in [1.29, 1.82) is 0 Å². The molecule has 0 atom stereocenters. The summed E-state index contributed by atoms with van der Waals surface area (Å²) in [7, 11) is 0. The van der Waals surface area contributed by atoms with E-state index in [0.29, 0.717) is 0 Å². The van der Waals surface area contributed by atoms with E-state index in [1.54, 1.807) is 5.54 Å². The van der Waals surface area contributed by atoms with Crippen molar-refractivity contribution in [2.24, 2.45) is 0 Å². The fourth-order valence-electron chi connectivity index (χ4n) is 1.97. The van der Waals surface area contributed by atoms with Crippen LogP contribution in [0.1, 0.15) is 31.2 Å². The van der Waals surface area contributed by atoms with Crippen LogP contribution in [0, 0.1) is 0 Å². The predicted molar refractivity (Wildman–Crippen MR) is 58.5 cm³/mol. The zero-order chi connectivity index (χ0) is 9.97. The van der Waals surface area contributed by atoms with Crippen LogP contribution in [0.3, 0.4) is 0 Å². The summed E-state index contributed by atoms with van der Waals surface area (Å²) in [6.45, 7) is 2.92. The van der Waals surface area contributed by atoms with Gasteiger partial charge in [0.1, 0.15) is 0 Å². The molecule has 3 heteroatoms. The van der Waals surface area contributed by atoms with Crippen molar-refractivity contribution in [1.82, 2.24) is 9.55 Å². The van der Waals surface area contributed by atoms with E-state index in [-0.39, 0.29) is 0 Å². The van der Waals surface area contributed by atoms with E-state index in [0.717, 1.165) is 13.0 Å². The van der Waals surface area contributed by atoms with Gasteiger partial charge in [0, 0.05) is 17.8 Å². The molecule has 0 bridgehead atoms. The predicted octanol–water partition coefficient (Wildman–Crippen LogP) is 2.90.